The summed E-state index contributed by atoms with van der Waals surface area (Å²) in [6.07, 6.45) is 2.83. The molecule has 0 saturated heterocycles. The van der Waals surface area contributed by atoms with Crippen molar-refractivity contribution in [3.05, 3.63) is 35.9 Å². The van der Waals surface area contributed by atoms with Gasteiger partial charge in [0.25, 0.3) is 0 Å². The zero-order valence-corrected chi connectivity index (χ0v) is 10.7. The molecule has 1 aromatic rings. The number of benzene rings is 1. The number of carbonyl (C=O) groups excluding carboxylic acids is 2. The summed E-state index contributed by atoms with van der Waals surface area (Å²) in [6, 6.07) is 10.0. The fourth-order valence-corrected chi connectivity index (χ4v) is 2.24. The van der Waals surface area contributed by atoms with E-state index in [-0.39, 0.29) is 11.7 Å². The summed E-state index contributed by atoms with van der Waals surface area (Å²) in [5, 5.41) is 2.87. The Morgan fingerprint density at radius 1 is 1.28 bits per heavy atom. The third kappa shape index (κ3) is 3.42. The van der Waals surface area contributed by atoms with Crippen LogP contribution in [0, 0.1) is 11.8 Å². The highest BCUT2D eigenvalue weighted by molar-refractivity contribution is 6.00. The summed E-state index contributed by atoms with van der Waals surface area (Å²) >= 11 is 0. The minimum absolute atomic E-state index is 0.00490. The van der Waals surface area contributed by atoms with Crippen LogP contribution in [-0.2, 0) is 16.0 Å². The number of Topliss-reactive ketones (excluding diaryl/α,β-unsaturated/α-hetero) is 1. The Kier molecular flexibility index (Phi) is 4.13. The SMILES string of the molecule is CC(=O)C(C(=O)NCCc1ccccc1)C1CC1. The van der Waals surface area contributed by atoms with Gasteiger partial charge in [-0.1, -0.05) is 30.3 Å². The second kappa shape index (κ2) is 5.80. The molecule has 3 heteroatoms. The molecule has 0 aliphatic heterocycles. The standard InChI is InChI=1S/C15H19NO2/c1-11(17)14(13-7-8-13)15(18)16-10-9-12-5-3-2-4-6-12/h2-6,13-14H,7-10H2,1H3,(H,16,18). The molecule has 0 aromatic heterocycles. The van der Waals surface area contributed by atoms with Crippen LogP contribution in [0.4, 0.5) is 0 Å². The first-order valence-corrected chi connectivity index (χ1v) is 6.50. The quantitative estimate of drug-likeness (QED) is 0.779. The summed E-state index contributed by atoms with van der Waals surface area (Å²) in [6.45, 7) is 2.11. The number of nitrogens with one attached hydrogen (secondary N) is 1. The average molecular weight is 245 g/mol. The number of hydrogen-bond acceptors (Lipinski definition) is 2. The van der Waals surface area contributed by atoms with Crippen molar-refractivity contribution in [1.82, 2.24) is 5.32 Å². The van der Waals surface area contributed by atoms with Gasteiger partial charge in [0.1, 0.15) is 5.78 Å². The van der Waals surface area contributed by atoms with Gasteiger partial charge in [-0.3, -0.25) is 9.59 Å². The van der Waals surface area contributed by atoms with Crippen LogP contribution in [0.25, 0.3) is 0 Å². The molecule has 1 N–H and O–H groups in total. The smallest absolute Gasteiger partial charge is 0.230 e. The third-order valence-electron chi connectivity index (χ3n) is 3.37. The van der Waals surface area contributed by atoms with E-state index in [4.69, 9.17) is 0 Å². The van der Waals surface area contributed by atoms with Crippen molar-refractivity contribution in [2.45, 2.75) is 26.2 Å². The molecule has 1 aliphatic rings. The van der Waals surface area contributed by atoms with Crippen molar-refractivity contribution < 1.29 is 9.59 Å². The maximum atomic E-state index is 11.9. The predicted octanol–water partition coefficient (Wildman–Crippen LogP) is 1.96. The number of rotatable bonds is 6. The first-order chi connectivity index (χ1) is 8.68. The van der Waals surface area contributed by atoms with Crippen LogP contribution in [0.3, 0.4) is 0 Å². The Morgan fingerprint density at radius 2 is 1.94 bits per heavy atom. The summed E-state index contributed by atoms with van der Waals surface area (Å²) in [5.74, 6) is -0.226. The lowest BCUT2D eigenvalue weighted by atomic mass is 9.98. The minimum Gasteiger partial charge on any atom is -0.355 e. The largest absolute Gasteiger partial charge is 0.355 e. The molecule has 1 aromatic carbocycles. The maximum absolute atomic E-state index is 11.9. The number of carbonyl (C=O) groups is 2. The monoisotopic (exact) mass is 245 g/mol. The molecule has 0 radical (unpaired) electrons. The molecule has 0 heterocycles. The van der Waals surface area contributed by atoms with Crippen LogP contribution in [0.5, 0.6) is 0 Å². The van der Waals surface area contributed by atoms with Crippen molar-refractivity contribution in [3.8, 4) is 0 Å². The van der Waals surface area contributed by atoms with E-state index in [1.807, 2.05) is 30.3 Å². The molecule has 1 aliphatic carbocycles. The zero-order valence-electron chi connectivity index (χ0n) is 10.7. The lowest BCUT2D eigenvalue weighted by Crippen LogP contribution is -2.36. The number of amides is 1. The van der Waals surface area contributed by atoms with Gasteiger partial charge in [0.15, 0.2) is 0 Å². The molecule has 96 valence electrons. The van der Waals surface area contributed by atoms with Crippen LogP contribution < -0.4 is 5.32 Å². The summed E-state index contributed by atoms with van der Waals surface area (Å²) < 4.78 is 0. The zero-order chi connectivity index (χ0) is 13.0. The fraction of sp³-hybridized carbons (Fsp3) is 0.467. The maximum Gasteiger partial charge on any atom is 0.230 e. The van der Waals surface area contributed by atoms with E-state index >= 15 is 0 Å². The lowest BCUT2D eigenvalue weighted by molar-refractivity contribution is -0.133. The predicted molar refractivity (Wildman–Crippen MR) is 70.1 cm³/mol. The van der Waals surface area contributed by atoms with Crippen LogP contribution in [0.15, 0.2) is 30.3 Å². The second-order valence-electron chi connectivity index (χ2n) is 4.95. The highest BCUT2D eigenvalue weighted by Gasteiger charge is 2.38. The van der Waals surface area contributed by atoms with Gasteiger partial charge in [-0.05, 0) is 37.7 Å². The van der Waals surface area contributed by atoms with Gasteiger partial charge < -0.3 is 5.32 Å². The van der Waals surface area contributed by atoms with Crippen LogP contribution in [0.2, 0.25) is 0 Å². The van der Waals surface area contributed by atoms with Crippen molar-refractivity contribution in [1.29, 1.82) is 0 Å². The van der Waals surface area contributed by atoms with Crippen molar-refractivity contribution in [3.63, 3.8) is 0 Å². The van der Waals surface area contributed by atoms with Crippen LogP contribution >= 0.6 is 0 Å². The average Bonchev–Trinajstić information content (AvgIpc) is 3.14. The Labute approximate surface area is 108 Å². The molecule has 1 amide bonds. The lowest BCUT2D eigenvalue weighted by Gasteiger charge is -2.13. The molecule has 3 nitrogen and oxygen atoms in total. The molecule has 1 saturated carbocycles. The van der Waals surface area contributed by atoms with Crippen LogP contribution in [0.1, 0.15) is 25.3 Å². The molecule has 0 bridgehead atoms. The van der Waals surface area contributed by atoms with Gasteiger partial charge in [0.2, 0.25) is 5.91 Å². The topological polar surface area (TPSA) is 46.2 Å². The molecule has 1 unspecified atom stereocenters. The highest BCUT2D eigenvalue weighted by atomic mass is 16.2. The van der Waals surface area contributed by atoms with E-state index in [1.54, 1.807) is 0 Å². The van der Waals surface area contributed by atoms with Gasteiger partial charge in [-0.15, -0.1) is 0 Å². The van der Waals surface area contributed by atoms with Gasteiger partial charge in [-0.2, -0.15) is 0 Å². The number of ketones is 1. The molecular weight excluding hydrogens is 226 g/mol. The van der Waals surface area contributed by atoms with Crippen molar-refractivity contribution in [2.24, 2.45) is 11.8 Å². The molecule has 0 spiro atoms. The third-order valence-corrected chi connectivity index (χ3v) is 3.37. The molecule has 18 heavy (non-hydrogen) atoms. The van der Waals surface area contributed by atoms with Gasteiger partial charge >= 0.3 is 0 Å². The molecule has 1 fully saturated rings. The Balaban J connectivity index is 1.79. The van der Waals surface area contributed by atoms with E-state index in [1.165, 1.54) is 12.5 Å². The highest BCUT2D eigenvalue weighted by Crippen LogP contribution is 2.37. The Morgan fingerprint density at radius 3 is 2.50 bits per heavy atom. The Bertz CT molecular complexity index is 423. The molecule has 1 atom stereocenters. The van der Waals surface area contributed by atoms with E-state index in [0.717, 1.165) is 19.3 Å². The van der Waals surface area contributed by atoms with Crippen molar-refractivity contribution >= 4 is 11.7 Å². The van der Waals surface area contributed by atoms with Gasteiger partial charge in [-0.25, -0.2) is 0 Å². The number of hydrogen-bond donors (Lipinski definition) is 1. The molecular formula is C15H19NO2. The first-order valence-electron chi connectivity index (χ1n) is 6.50. The van der Waals surface area contributed by atoms with Gasteiger partial charge in [0, 0.05) is 6.54 Å². The molecule has 2 rings (SSSR count). The fourth-order valence-electron chi connectivity index (χ4n) is 2.24. The Hall–Kier alpha value is -1.64. The van der Waals surface area contributed by atoms with Crippen molar-refractivity contribution in [2.75, 3.05) is 6.54 Å². The summed E-state index contributed by atoms with van der Waals surface area (Å²) in [7, 11) is 0. The van der Waals surface area contributed by atoms with E-state index in [0.29, 0.717) is 12.5 Å². The van der Waals surface area contributed by atoms with E-state index in [2.05, 4.69) is 5.32 Å². The second-order valence-corrected chi connectivity index (χ2v) is 4.95. The minimum atomic E-state index is -0.416. The normalized spacial score (nSPS) is 16.1. The summed E-state index contributed by atoms with van der Waals surface area (Å²) in [4.78, 5) is 23.4. The van der Waals surface area contributed by atoms with Gasteiger partial charge in [0.05, 0.1) is 5.92 Å². The first kappa shape index (κ1) is 12.8. The van der Waals surface area contributed by atoms with E-state index < -0.39 is 5.92 Å². The van der Waals surface area contributed by atoms with Crippen LogP contribution in [-0.4, -0.2) is 18.2 Å². The summed E-state index contributed by atoms with van der Waals surface area (Å²) in [5.41, 5.74) is 1.20. The van der Waals surface area contributed by atoms with E-state index in [9.17, 15) is 9.59 Å².